The molecule has 0 unspecified atom stereocenters. The first kappa shape index (κ1) is 27.8. The molecule has 35 heavy (non-hydrogen) atoms. The van der Waals surface area contributed by atoms with Crippen molar-refractivity contribution in [3.63, 3.8) is 0 Å². The number of rotatable bonds is 10. The summed E-state index contributed by atoms with van der Waals surface area (Å²) < 4.78 is 1.54. The van der Waals surface area contributed by atoms with Gasteiger partial charge in [-0.05, 0) is 62.5 Å². The van der Waals surface area contributed by atoms with Gasteiger partial charge in [-0.15, -0.1) is 0 Å². The Morgan fingerprint density at radius 1 is 0.571 bits per heavy atom. The summed E-state index contributed by atoms with van der Waals surface area (Å²) in [6.45, 7) is 2.09. The summed E-state index contributed by atoms with van der Waals surface area (Å²) in [5, 5.41) is 9.60. The van der Waals surface area contributed by atoms with Gasteiger partial charge in [-0.3, -0.25) is 0 Å². The minimum Gasteiger partial charge on any atom is -0.316 e. The molecule has 0 aliphatic rings. The first-order valence-corrected chi connectivity index (χ1v) is 17.6. The predicted octanol–water partition coefficient (Wildman–Crippen LogP) is 5.13. The van der Waals surface area contributed by atoms with Gasteiger partial charge in [0.1, 0.15) is 0 Å². The van der Waals surface area contributed by atoms with Crippen LogP contribution in [0.5, 0.6) is 0 Å². The Balaban J connectivity index is 0.000000795. The fraction of sp³-hybridized carbons (Fsp3) is 0.138. The average molecular weight is 606 g/mol. The largest absolute Gasteiger partial charge is 0.316 e. The quantitative estimate of drug-likeness (QED) is 0.154. The Kier molecular flexibility index (Phi) is 13.3. The molecule has 4 aromatic carbocycles. The van der Waals surface area contributed by atoms with Crippen molar-refractivity contribution in [2.45, 2.75) is 0 Å². The molecule has 181 valence electrons. The first-order valence-electron chi connectivity index (χ1n) is 11.4. The first-order chi connectivity index (χ1) is 17.3. The van der Waals surface area contributed by atoms with Gasteiger partial charge in [0, 0.05) is 0 Å². The van der Waals surface area contributed by atoms with Crippen molar-refractivity contribution in [1.82, 2.24) is 5.32 Å². The van der Waals surface area contributed by atoms with Crippen LogP contribution < -0.4 is 26.5 Å². The van der Waals surface area contributed by atoms with Gasteiger partial charge in [0.15, 0.2) is 0 Å². The molecule has 0 amide bonds. The van der Waals surface area contributed by atoms with Crippen LogP contribution in [0.1, 0.15) is 0 Å². The molecule has 0 fully saturated rings. The van der Waals surface area contributed by atoms with Crippen molar-refractivity contribution >= 4 is 51.2 Å². The summed E-state index contributed by atoms with van der Waals surface area (Å²) in [6, 6.07) is 44.0. The average Bonchev–Trinajstić information content (AvgIpc) is 2.95. The third-order valence-corrected chi connectivity index (χ3v) is 10.8. The number of halogens is 1. The molecular weight excluding hydrogens is 577 g/mol. The number of benzene rings is 4. The molecule has 0 heterocycles. The van der Waals surface area contributed by atoms with Crippen molar-refractivity contribution in [3.8, 4) is 0 Å². The van der Waals surface area contributed by atoms with Crippen molar-refractivity contribution in [2.24, 2.45) is 0 Å². The van der Waals surface area contributed by atoms with Crippen LogP contribution >= 0.6 is 25.5 Å². The maximum Gasteiger partial charge on any atom is -0.000332 e. The number of nitrogens with one attached hydrogen (secondary N) is 1. The van der Waals surface area contributed by atoms with Crippen LogP contribution in [-0.4, -0.2) is 29.9 Å². The fourth-order valence-corrected chi connectivity index (χ4v) is 8.27. The molecule has 0 aliphatic carbocycles. The van der Waals surface area contributed by atoms with E-state index in [0.29, 0.717) is 0 Å². The van der Waals surface area contributed by atoms with E-state index in [2.05, 4.69) is 127 Å². The maximum atomic E-state index is 8.96. The Hall–Kier alpha value is -1.81. The van der Waals surface area contributed by atoms with Gasteiger partial charge >= 0.3 is 34.6 Å². The summed E-state index contributed by atoms with van der Waals surface area (Å²) in [7, 11) is 4.20. The van der Waals surface area contributed by atoms with Crippen LogP contribution in [0.3, 0.4) is 0 Å². The van der Waals surface area contributed by atoms with Gasteiger partial charge < -0.3 is 5.32 Å². The SMILES string of the molecule is O=[C]=[Ru][Cl].c1ccc(P(CCNCCP(c2ccccc2)c2ccccc2)c2ccccc2)cc1. The third kappa shape index (κ3) is 9.63. The summed E-state index contributed by atoms with van der Waals surface area (Å²) in [5.41, 5.74) is 0. The van der Waals surface area contributed by atoms with E-state index in [4.69, 9.17) is 14.5 Å². The molecule has 0 aromatic heterocycles. The van der Waals surface area contributed by atoms with Crippen LogP contribution in [0.15, 0.2) is 121 Å². The Bertz CT molecular complexity index is 980. The zero-order valence-corrected chi connectivity index (χ0v) is 23.7. The van der Waals surface area contributed by atoms with Crippen LogP contribution in [0, 0.1) is 0 Å². The molecule has 0 spiro atoms. The molecule has 0 radical (unpaired) electrons. The van der Waals surface area contributed by atoms with Gasteiger partial charge in [0.05, 0.1) is 0 Å². The Labute approximate surface area is 222 Å². The van der Waals surface area contributed by atoms with Crippen molar-refractivity contribution in [2.75, 3.05) is 25.4 Å². The van der Waals surface area contributed by atoms with Gasteiger partial charge in [-0.2, -0.15) is 0 Å². The topological polar surface area (TPSA) is 29.1 Å². The van der Waals surface area contributed by atoms with E-state index >= 15 is 0 Å². The number of carbonyl (C=O) groups excluding carboxylic acids is 1. The zero-order chi connectivity index (χ0) is 24.6. The Morgan fingerprint density at radius 3 is 1.06 bits per heavy atom. The van der Waals surface area contributed by atoms with Crippen LogP contribution in [0.4, 0.5) is 0 Å². The minimum absolute atomic E-state index is 0.328. The van der Waals surface area contributed by atoms with Gasteiger partial charge in [-0.1, -0.05) is 121 Å². The van der Waals surface area contributed by atoms with Gasteiger partial charge in [0.25, 0.3) is 0 Å². The monoisotopic (exact) mass is 606 g/mol. The van der Waals surface area contributed by atoms with E-state index in [-0.39, 0.29) is 15.8 Å². The van der Waals surface area contributed by atoms with Crippen LogP contribution in [0.25, 0.3) is 0 Å². The summed E-state index contributed by atoms with van der Waals surface area (Å²) >= 11 is -0.594. The second kappa shape index (κ2) is 16.8. The number of hydrogen-bond donors (Lipinski definition) is 1. The molecule has 0 saturated heterocycles. The smallest absolute Gasteiger partial charge is 0.000332 e. The van der Waals surface area contributed by atoms with Crippen molar-refractivity contribution in [1.29, 1.82) is 0 Å². The molecule has 6 heteroatoms. The van der Waals surface area contributed by atoms with Gasteiger partial charge in [0.2, 0.25) is 0 Å². The summed E-state index contributed by atoms with van der Waals surface area (Å²) in [4.78, 5) is 8.96. The van der Waals surface area contributed by atoms with E-state index in [1.54, 1.807) is 0 Å². The molecular formula is C29H29ClNOP2Ru. The second-order valence-electron chi connectivity index (χ2n) is 7.53. The summed E-state index contributed by atoms with van der Waals surface area (Å²) in [5.74, 6) is 0. The number of hydrogen-bond acceptors (Lipinski definition) is 2. The molecule has 4 rings (SSSR count). The molecule has 2 nitrogen and oxygen atoms in total. The zero-order valence-electron chi connectivity index (χ0n) is 19.4. The van der Waals surface area contributed by atoms with Crippen molar-refractivity contribution in [3.05, 3.63) is 121 Å². The van der Waals surface area contributed by atoms with Crippen LogP contribution in [0.2, 0.25) is 0 Å². The molecule has 0 aliphatic heterocycles. The minimum atomic E-state index is -0.594. The molecule has 0 atom stereocenters. The third-order valence-electron chi connectivity index (χ3n) is 5.32. The second-order valence-corrected chi connectivity index (χ2v) is 13.7. The van der Waals surface area contributed by atoms with E-state index in [0.717, 1.165) is 25.4 Å². The normalized spacial score (nSPS) is 10.5. The van der Waals surface area contributed by atoms with E-state index in [1.807, 2.05) is 0 Å². The molecule has 0 bridgehead atoms. The van der Waals surface area contributed by atoms with Crippen molar-refractivity contribution < 1.29 is 20.5 Å². The van der Waals surface area contributed by atoms with E-state index in [1.165, 1.54) is 25.7 Å². The van der Waals surface area contributed by atoms with E-state index < -0.39 is 15.7 Å². The standard InChI is InChI=1S/C28H29NP2.CO.ClH.Ru/c1-5-13-25(14-6-1)30(26-15-7-2-8-16-26)23-21-29-22-24-31(27-17-9-3-10-18-27)28-19-11-4-12-20-28;1-2;;/h1-20,29H,21-24H2;;1H;/q;;;+1/p-1. The predicted molar refractivity (Wildman–Crippen MR) is 152 cm³/mol. The maximum absolute atomic E-state index is 8.96. The molecule has 1 N–H and O–H groups in total. The van der Waals surface area contributed by atoms with Crippen LogP contribution in [-0.2, 0) is 20.5 Å². The van der Waals surface area contributed by atoms with Gasteiger partial charge in [-0.25, -0.2) is 0 Å². The molecule has 0 saturated carbocycles. The van der Waals surface area contributed by atoms with E-state index in [9.17, 15) is 0 Å². The fourth-order valence-electron chi connectivity index (χ4n) is 3.75. The molecule has 4 aromatic rings. The Morgan fingerprint density at radius 2 is 0.829 bits per heavy atom. The summed E-state index contributed by atoms with van der Waals surface area (Å²) in [6.07, 6.45) is 2.33.